The molecule has 0 bridgehead atoms. The van der Waals surface area contributed by atoms with Crippen molar-refractivity contribution in [1.82, 2.24) is 9.80 Å². The molecule has 3 N–H and O–H groups in total. The second kappa shape index (κ2) is 15.6. The molecule has 0 spiro atoms. The lowest BCUT2D eigenvalue weighted by molar-refractivity contribution is -0.0115. The zero-order valence-electron chi connectivity index (χ0n) is 27.2. The van der Waals surface area contributed by atoms with E-state index in [1.54, 1.807) is 35.9 Å². The van der Waals surface area contributed by atoms with Gasteiger partial charge in [-0.05, 0) is 62.8 Å². The molecule has 4 rings (SSSR count). The first kappa shape index (κ1) is 35.0. The maximum atomic E-state index is 14.2. The third kappa shape index (κ3) is 9.34. The van der Waals surface area contributed by atoms with E-state index in [9.17, 15) is 23.1 Å². The maximum Gasteiger partial charge on any atom is 0.321 e. The van der Waals surface area contributed by atoms with E-state index in [-0.39, 0.29) is 49.0 Å². The fraction of sp³-hybridized carbons (Fsp3) is 0.471. The van der Waals surface area contributed by atoms with Gasteiger partial charge in [0.2, 0.25) is 10.0 Å². The third-order valence-corrected chi connectivity index (χ3v) is 8.79. The molecule has 0 saturated carbocycles. The number of amides is 3. The number of nitrogens with one attached hydrogen (secondary N) is 2. The van der Waals surface area contributed by atoms with Crippen molar-refractivity contribution in [3.8, 4) is 5.75 Å². The van der Waals surface area contributed by atoms with E-state index in [0.717, 1.165) is 29.9 Å². The summed E-state index contributed by atoms with van der Waals surface area (Å²) in [5.41, 5.74) is 1.13. The summed E-state index contributed by atoms with van der Waals surface area (Å²) in [5.74, 6) is -0.311. The topological polar surface area (TPSA) is 138 Å². The van der Waals surface area contributed by atoms with Crippen LogP contribution in [-0.2, 0) is 14.8 Å². The van der Waals surface area contributed by atoms with Crippen LogP contribution >= 0.6 is 0 Å². The molecule has 11 nitrogen and oxygen atoms in total. The second-order valence-corrected chi connectivity index (χ2v) is 14.0. The molecule has 3 amide bonds. The number of hydrogen-bond donors (Lipinski definition) is 3. The summed E-state index contributed by atoms with van der Waals surface area (Å²) in [6, 6.07) is 17.4. The number of hydrogen-bond acceptors (Lipinski definition) is 7. The Balaban J connectivity index is 1.60. The van der Waals surface area contributed by atoms with Crippen molar-refractivity contribution in [3.05, 3.63) is 66.2 Å². The van der Waals surface area contributed by atoms with Crippen LogP contribution in [0, 0.1) is 5.92 Å². The van der Waals surface area contributed by atoms with Gasteiger partial charge in [-0.15, -0.1) is 0 Å². The summed E-state index contributed by atoms with van der Waals surface area (Å²) in [7, 11) is -1.88. The quantitative estimate of drug-likeness (QED) is 0.320. The van der Waals surface area contributed by atoms with Gasteiger partial charge in [-0.25, -0.2) is 13.2 Å². The van der Waals surface area contributed by atoms with Crippen molar-refractivity contribution in [3.63, 3.8) is 0 Å². The standard InChI is InChI=1S/C34H46N4O7S/c1-23-20-38(24(2)22-39)33(40)29-19-27(36-46(5,42)43)16-17-31(29)45-25(3)11-8-9-18-44-32(23)21-37(4)34(41)35-30-15-10-13-26-12-6-7-14-28(26)30/h6-7,10,12-17,19,23-25,32,36,39H,8-9,11,18,20-22H2,1-5H3,(H,35,41)/t23-,24-,25-,32-/m1/s1. The van der Waals surface area contributed by atoms with Gasteiger partial charge in [-0.3, -0.25) is 9.52 Å². The normalized spacial score (nSPS) is 20.6. The van der Waals surface area contributed by atoms with Crippen LogP contribution in [0.25, 0.3) is 10.8 Å². The molecular formula is C34H46N4O7S. The Bertz CT molecular complexity index is 1610. The number of benzene rings is 3. The first-order chi connectivity index (χ1) is 21.9. The molecule has 4 atom stereocenters. The zero-order chi connectivity index (χ0) is 33.4. The molecule has 3 aromatic rings. The molecule has 0 aromatic heterocycles. The Morgan fingerprint density at radius 3 is 2.59 bits per heavy atom. The third-order valence-electron chi connectivity index (χ3n) is 8.19. The predicted octanol–water partition coefficient (Wildman–Crippen LogP) is 5.17. The minimum absolute atomic E-state index is 0.189. The highest BCUT2D eigenvalue weighted by Crippen LogP contribution is 2.29. The predicted molar refractivity (Wildman–Crippen MR) is 181 cm³/mol. The SMILES string of the molecule is C[C@@H]1CCCCO[C@H](CN(C)C(=O)Nc2cccc3ccccc23)[C@H](C)CN([C@H](C)CO)C(=O)c2cc(NS(C)(=O)=O)ccc2O1. The van der Waals surface area contributed by atoms with Crippen LogP contribution < -0.4 is 14.8 Å². The molecule has 0 aliphatic carbocycles. The molecule has 0 fully saturated rings. The maximum absolute atomic E-state index is 14.2. The minimum atomic E-state index is -3.59. The number of nitrogens with zero attached hydrogens (tertiary/aromatic N) is 2. The molecule has 1 heterocycles. The number of fused-ring (bicyclic) bond motifs is 2. The van der Waals surface area contributed by atoms with E-state index in [4.69, 9.17) is 9.47 Å². The Hall–Kier alpha value is -3.87. The molecule has 0 saturated heterocycles. The fourth-order valence-corrected chi connectivity index (χ4v) is 6.12. The molecule has 1 aliphatic rings. The van der Waals surface area contributed by atoms with Crippen LogP contribution in [0.4, 0.5) is 16.2 Å². The van der Waals surface area contributed by atoms with Gasteiger partial charge in [0.05, 0.1) is 42.4 Å². The number of urea groups is 1. The number of ether oxygens (including phenoxy) is 2. The molecular weight excluding hydrogens is 608 g/mol. The number of aliphatic hydroxyl groups is 1. The van der Waals surface area contributed by atoms with E-state index < -0.39 is 28.1 Å². The number of likely N-dealkylation sites (N-methyl/N-ethyl adjacent to an activating group) is 1. The van der Waals surface area contributed by atoms with E-state index >= 15 is 0 Å². The van der Waals surface area contributed by atoms with Crippen molar-refractivity contribution < 1.29 is 32.6 Å². The summed E-state index contributed by atoms with van der Waals surface area (Å²) < 4.78 is 38.9. The molecule has 0 radical (unpaired) electrons. The molecule has 250 valence electrons. The minimum Gasteiger partial charge on any atom is -0.490 e. The fourth-order valence-electron chi connectivity index (χ4n) is 5.56. The first-order valence-corrected chi connectivity index (χ1v) is 17.6. The average Bonchev–Trinajstić information content (AvgIpc) is 3.01. The lowest BCUT2D eigenvalue weighted by Gasteiger charge is -2.35. The summed E-state index contributed by atoms with van der Waals surface area (Å²) in [4.78, 5) is 30.7. The molecule has 12 heteroatoms. The summed E-state index contributed by atoms with van der Waals surface area (Å²) in [6.07, 6.45) is 2.72. The van der Waals surface area contributed by atoms with Gasteiger partial charge in [-0.1, -0.05) is 43.3 Å². The molecule has 1 aliphatic heterocycles. The van der Waals surface area contributed by atoms with Crippen LogP contribution in [0.15, 0.2) is 60.7 Å². The highest BCUT2D eigenvalue weighted by Gasteiger charge is 2.31. The second-order valence-electron chi connectivity index (χ2n) is 12.2. The van der Waals surface area contributed by atoms with Crippen LogP contribution in [0.1, 0.15) is 50.4 Å². The average molecular weight is 655 g/mol. The van der Waals surface area contributed by atoms with Crippen molar-refractivity contribution in [1.29, 1.82) is 0 Å². The molecule has 46 heavy (non-hydrogen) atoms. The molecule has 0 unspecified atom stereocenters. The Morgan fingerprint density at radius 2 is 1.85 bits per heavy atom. The largest absolute Gasteiger partial charge is 0.490 e. The highest BCUT2D eigenvalue weighted by molar-refractivity contribution is 7.92. The van der Waals surface area contributed by atoms with Gasteiger partial charge < -0.3 is 29.7 Å². The van der Waals surface area contributed by atoms with Crippen LogP contribution in [0.5, 0.6) is 5.75 Å². The Labute approximate surface area is 271 Å². The Kier molecular flexibility index (Phi) is 11.9. The van der Waals surface area contributed by atoms with Crippen molar-refractivity contribution >= 4 is 44.1 Å². The number of anilines is 2. The smallest absolute Gasteiger partial charge is 0.321 e. The molecule has 3 aromatic carbocycles. The van der Waals surface area contributed by atoms with Gasteiger partial charge in [0, 0.05) is 43.7 Å². The number of carbonyl (C=O) groups excluding carboxylic acids is 2. The highest BCUT2D eigenvalue weighted by atomic mass is 32.2. The van der Waals surface area contributed by atoms with Gasteiger partial charge in [-0.2, -0.15) is 0 Å². The summed E-state index contributed by atoms with van der Waals surface area (Å²) in [6.45, 7) is 6.29. The number of carbonyl (C=O) groups is 2. The van der Waals surface area contributed by atoms with Gasteiger partial charge >= 0.3 is 6.03 Å². The van der Waals surface area contributed by atoms with Crippen LogP contribution in [0.3, 0.4) is 0 Å². The monoisotopic (exact) mass is 654 g/mol. The summed E-state index contributed by atoms with van der Waals surface area (Å²) in [5, 5.41) is 15.1. The van der Waals surface area contributed by atoms with E-state index in [1.807, 2.05) is 56.3 Å². The zero-order valence-corrected chi connectivity index (χ0v) is 28.0. The van der Waals surface area contributed by atoms with Gasteiger partial charge in [0.15, 0.2) is 0 Å². The van der Waals surface area contributed by atoms with E-state index in [1.165, 1.54) is 6.07 Å². The number of sulfonamides is 1. The van der Waals surface area contributed by atoms with Crippen molar-refractivity contribution in [2.45, 2.75) is 58.3 Å². The lowest BCUT2D eigenvalue weighted by atomic mass is 10.0. The number of aliphatic hydroxyl groups excluding tert-OH is 1. The van der Waals surface area contributed by atoms with Crippen LogP contribution in [-0.4, -0.2) is 93.1 Å². The first-order valence-electron chi connectivity index (χ1n) is 15.7. The number of rotatable bonds is 7. The van der Waals surface area contributed by atoms with Gasteiger partial charge in [0.25, 0.3) is 5.91 Å². The van der Waals surface area contributed by atoms with Crippen molar-refractivity contribution in [2.75, 3.05) is 49.6 Å². The lowest BCUT2D eigenvalue weighted by Crippen LogP contribution is -2.48. The van der Waals surface area contributed by atoms with E-state index in [2.05, 4.69) is 10.0 Å². The van der Waals surface area contributed by atoms with E-state index in [0.29, 0.717) is 24.5 Å². The summed E-state index contributed by atoms with van der Waals surface area (Å²) >= 11 is 0. The van der Waals surface area contributed by atoms with Crippen LogP contribution in [0.2, 0.25) is 0 Å². The van der Waals surface area contributed by atoms with Gasteiger partial charge in [0.1, 0.15) is 5.75 Å². The Morgan fingerprint density at radius 1 is 1.11 bits per heavy atom. The van der Waals surface area contributed by atoms with Crippen molar-refractivity contribution in [2.24, 2.45) is 5.92 Å².